The summed E-state index contributed by atoms with van der Waals surface area (Å²) in [6, 6.07) is 0. The van der Waals surface area contributed by atoms with Crippen molar-refractivity contribution in [3.05, 3.63) is 0 Å². The molecule has 0 nitrogen and oxygen atoms in total. The van der Waals surface area contributed by atoms with Gasteiger partial charge in [0.15, 0.2) is 0 Å². The lowest BCUT2D eigenvalue weighted by atomic mass is 9.60. The van der Waals surface area contributed by atoms with Gasteiger partial charge >= 0.3 is 0 Å². The van der Waals surface area contributed by atoms with Crippen molar-refractivity contribution >= 4 is 0 Å². The average molecular weight is 210 g/mol. The molecule has 0 spiro atoms. The van der Waals surface area contributed by atoms with Gasteiger partial charge in [-0.1, -0.05) is 48.0 Å². The zero-order valence-electron chi connectivity index (χ0n) is 11.7. The SMILES string of the molecule is CCC(C)(C)C1CCC(C)(C(C)C)CC1. The molecular formula is C15H30. The summed E-state index contributed by atoms with van der Waals surface area (Å²) in [6.07, 6.45) is 7.12. The van der Waals surface area contributed by atoms with E-state index in [0.717, 1.165) is 11.8 Å². The molecule has 0 atom stereocenters. The Morgan fingerprint density at radius 1 is 1.20 bits per heavy atom. The van der Waals surface area contributed by atoms with Gasteiger partial charge in [0.05, 0.1) is 0 Å². The smallest absolute Gasteiger partial charge is 0.0303 e. The van der Waals surface area contributed by atoms with Crippen LogP contribution in [0.4, 0.5) is 0 Å². The average Bonchev–Trinajstić information content (AvgIpc) is 2.18. The first-order valence-corrected chi connectivity index (χ1v) is 6.82. The van der Waals surface area contributed by atoms with E-state index >= 15 is 0 Å². The van der Waals surface area contributed by atoms with Gasteiger partial charge in [-0.25, -0.2) is 0 Å². The number of hydrogen-bond donors (Lipinski definition) is 0. The molecule has 0 saturated heterocycles. The first-order valence-electron chi connectivity index (χ1n) is 6.82. The van der Waals surface area contributed by atoms with Crippen molar-refractivity contribution in [2.24, 2.45) is 22.7 Å². The van der Waals surface area contributed by atoms with Crippen LogP contribution in [-0.4, -0.2) is 0 Å². The lowest BCUT2D eigenvalue weighted by molar-refractivity contribution is 0.0568. The summed E-state index contributed by atoms with van der Waals surface area (Å²) in [6.45, 7) is 14.5. The number of hydrogen-bond acceptors (Lipinski definition) is 0. The van der Waals surface area contributed by atoms with E-state index in [-0.39, 0.29) is 0 Å². The topological polar surface area (TPSA) is 0 Å². The molecule has 0 aliphatic heterocycles. The van der Waals surface area contributed by atoms with Gasteiger partial charge in [0.1, 0.15) is 0 Å². The second kappa shape index (κ2) is 4.47. The minimum absolute atomic E-state index is 0.568. The highest BCUT2D eigenvalue weighted by atomic mass is 14.4. The molecule has 0 aromatic heterocycles. The van der Waals surface area contributed by atoms with Gasteiger partial charge in [-0.05, 0) is 48.3 Å². The largest absolute Gasteiger partial charge is 0.0649 e. The number of rotatable bonds is 3. The van der Waals surface area contributed by atoms with Gasteiger partial charge in [-0.2, -0.15) is 0 Å². The highest BCUT2D eigenvalue weighted by molar-refractivity contribution is 4.89. The molecule has 0 aromatic carbocycles. The van der Waals surface area contributed by atoms with Gasteiger partial charge in [0.2, 0.25) is 0 Å². The summed E-state index contributed by atoms with van der Waals surface area (Å²) >= 11 is 0. The van der Waals surface area contributed by atoms with Crippen LogP contribution >= 0.6 is 0 Å². The summed E-state index contributed by atoms with van der Waals surface area (Å²) in [7, 11) is 0. The van der Waals surface area contributed by atoms with Crippen LogP contribution in [0.15, 0.2) is 0 Å². The Morgan fingerprint density at radius 3 is 2.00 bits per heavy atom. The highest BCUT2D eigenvalue weighted by Crippen LogP contribution is 2.49. The summed E-state index contributed by atoms with van der Waals surface area (Å²) in [5.74, 6) is 1.82. The lowest BCUT2D eigenvalue weighted by Gasteiger charge is -2.45. The van der Waals surface area contributed by atoms with Crippen molar-refractivity contribution < 1.29 is 0 Å². The first-order chi connectivity index (χ1) is 6.82. The van der Waals surface area contributed by atoms with E-state index < -0.39 is 0 Å². The second-order valence-corrected chi connectivity index (χ2v) is 6.93. The lowest BCUT2D eigenvalue weighted by Crippen LogP contribution is -2.34. The maximum atomic E-state index is 2.49. The van der Waals surface area contributed by atoms with Gasteiger partial charge in [0, 0.05) is 0 Å². The Bertz CT molecular complexity index is 192. The zero-order chi connectivity index (χ0) is 11.7. The Balaban J connectivity index is 2.56. The predicted molar refractivity (Wildman–Crippen MR) is 69.0 cm³/mol. The van der Waals surface area contributed by atoms with Crippen LogP contribution in [0.2, 0.25) is 0 Å². The Hall–Kier alpha value is 0. The molecule has 0 aromatic rings. The quantitative estimate of drug-likeness (QED) is 0.595. The van der Waals surface area contributed by atoms with Crippen LogP contribution in [-0.2, 0) is 0 Å². The molecular weight excluding hydrogens is 180 g/mol. The van der Waals surface area contributed by atoms with Crippen molar-refractivity contribution in [2.75, 3.05) is 0 Å². The molecule has 0 N–H and O–H groups in total. The van der Waals surface area contributed by atoms with Crippen LogP contribution in [0.25, 0.3) is 0 Å². The highest BCUT2D eigenvalue weighted by Gasteiger charge is 2.38. The molecule has 0 radical (unpaired) electrons. The third kappa shape index (κ3) is 2.77. The second-order valence-electron chi connectivity index (χ2n) is 6.93. The molecule has 0 heteroatoms. The maximum Gasteiger partial charge on any atom is -0.0303 e. The summed E-state index contributed by atoms with van der Waals surface area (Å²) < 4.78 is 0. The van der Waals surface area contributed by atoms with Crippen LogP contribution in [0.5, 0.6) is 0 Å². The molecule has 1 rings (SSSR count). The summed E-state index contributed by atoms with van der Waals surface area (Å²) in [5.41, 5.74) is 1.19. The Morgan fingerprint density at radius 2 is 1.67 bits per heavy atom. The maximum absolute atomic E-state index is 2.49. The van der Waals surface area contributed by atoms with Crippen molar-refractivity contribution in [2.45, 2.75) is 73.6 Å². The fourth-order valence-corrected chi connectivity index (χ4v) is 2.92. The van der Waals surface area contributed by atoms with Crippen molar-refractivity contribution in [3.63, 3.8) is 0 Å². The fraction of sp³-hybridized carbons (Fsp3) is 1.00. The van der Waals surface area contributed by atoms with E-state index in [1.807, 2.05) is 0 Å². The molecule has 1 fully saturated rings. The molecule has 1 aliphatic rings. The molecule has 0 amide bonds. The zero-order valence-corrected chi connectivity index (χ0v) is 11.7. The normalized spacial score (nSPS) is 33.4. The first kappa shape index (κ1) is 13.1. The molecule has 0 unspecified atom stereocenters. The van der Waals surface area contributed by atoms with Crippen LogP contribution in [0, 0.1) is 22.7 Å². The molecule has 1 saturated carbocycles. The molecule has 0 bridgehead atoms. The van der Waals surface area contributed by atoms with Gasteiger partial charge in [-0.3, -0.25) is 0 Å². The van der Waals surface area contributed by atoms with Gasteiger partial charge < -0.3 is 0 Å². The van der Waals surface area contributed by atoms with Crippen LogP contribution < -0.4 is 0 Å². The predicted octanol–water partition coefficient (Wildman–Crippen LogP) is 5.28. The minimum Gasteiger partial charge on any atom is -0.0649 e. The summed E-state index contributed by atoms with van der Waals surface area (Å²) in [4.78, 5) is 0. The monoisotopic (exact) mass is 210 g/mol. The van der Waals surface area contributed by atoms with E-state index in [1.165, 1.54) is 32.1 Å². The summed E-state index contributed by atoms with van der Waals surface area (Å²) in [5, 5.41) is 0. The van der Waals surface area contributed by atoms with Crippen LogP contribution in [0.3, 0.4) is 0 Å². The van der Waals surface area contributed by atoms with E-state index in [2.05, 4.69) is 41.5 Å². The third-order valence-electron chi connectivity index (χ3n) is 5.54. The van der Waals surface area contributed by atoms with E-state index in [1.54, 1.807) is 0 Å². The molecule has 15 heavy (non-hydrogen) atoms. The third-order valence-corrected chi connectivity index (χ3v) is 5.54. The van der Waals surface area contributed by atoms with E-state index in [4.69, 9.17) is 0 Å². The molecule has 90 valence electrons. The van der Waals surface area contributed by atoms with E-state index in [0.29, 0.717) is 10.8 Å². The molecule has 0 heterocycles. The molecule has 1 aliphatic carbocycles. The Labute approximate surface area is 96.8 Å². The minimum atomic E-state index is 0.568. The van der Waals surface area contributed by atoms with Gasteiger partial charge in [-0.15, -0.1) is 0 Å². The Kier molecular flexibility index (Phi) is 3.90. The van der Waals surface area contributed by atoms with Crippen molar-refractivity contribution in [1.82, 2.24) is 0 Å². The standard InChI is InChI=1S/C15H30/c1-7-14(4,5)13-8-10-15(6,11-9-13)12(2)3/h12-13H,7-11H2,1-6H3. The fourth-order valence-electron chi connectivity index (χ4n) is 2.92. The van der Waals surface area contributed by atoms with E-state index in [9.17, 15) is 0 Å². The van der Waals surface area contributed by atoms with Crippen molar-refractivity contribution in [3.8, 4) is 0 Å². The van der Waals surface area contributed by atoms with Crippen molar-refractivity contribution in [1.29, 1.82) is 0 Å². The van der Waals surface area contributed by atoms with Crippen LogP contribution in [0.1, 0.15) is 73.6 Å². The van der Waals surface area contributed by atoms with Gasteiger partial charge in [0.25, 0.3) is 0 Å².